The molecule has 1 unspecified atom stereocenters. The Labute approximate surface area is 171 Å². The number of nitro groups is 1. The monoisotopic (exact) mass is 413 g/mol. The van der Waals surface area contributed by atoms with Gasteiger partial charge in [0, 0.05) is 12.8 Å². The van der Waals surface area contributed by atoms with E-state index >= 15 is 0 Å². The van der Waals surface area contributed by atoms with Crippen molar-refractivity contribution in [2.24, 2.45) is 0 Å². The van der Waals surface area contributed by atoms with Crippen LogP contribution in [0.15, 0.2) is 42.5 Å². The van der Waals surface area contributed by atoms with Crippen LogP contribution in [-0.2, 0) is 4.79 Å². The van der Waals surface area contributed by atoms with Crippen LogP contribution in [0.2, 0.25) is 0 Å². The number of ether oxygens (including phenoxy) is 1. The third-order valence-corrected chi connectivity index (χ3v) is 6.31. The van der Waals surface area contributed by atoms with E-state index < -0.39 is 4.92 Å². The Morgan fingerprint density at radius 2 is 2.21 bits per heavy atom. The average molecular weight is 413 g/mol. The normalized spacial score (nSPS) is 18.7. The Bertz CT molecular complexity index is 1030. The number of amides is 1. The van der Waals surface area contributed by atoms with E-state index in [-0.39, 0.29) is 29.9 Å². The lowest BCUT2D eigenvalue weighted by atomic mass is 10.2. The topological polar surface area (TPSA) is 98.8 Å². The molecule has 29 heavy (non-hydrogen) atoms. The van der Waals surface area contributed by atoms with E-state index in [4.69, 9.17) is 9.72 Å². The summed E-state index contributed by atoms with van der Waals surface area (Å²) in [5.74, 6) is 0.122. The summed E-state index contributed by atoms with van der Waals surface area (Å²) in [6, 6.07) is 12.6. The van der Waals surface area contributed by atoms with E-state index in [9.17, 15) is 14.9 Å². The quantitative estimate of drug-likeness (QED) is 0.478. The summed E-state index contributed by atoms with van der Waals surface area (Å²) in [5, 5.41) is 15.1. The zero-order valence-electron chi connectivity index (χ0n) is 15.9. The number of methoxy groups -OCH3 is 1. The molecule has 1 aliphatic rings. The summed E-state index contributed by atoms with van der Waals surface area (Å²) in [6.07, 6.45) is 2.00. The fourth-order valence-electron chi connectivity index (χ4n) is 3.76. The number of fused-ring (bicyclic) bond motifs is 1. The van der Waals surface area contributed by atoms with Crippen molar-refractivity contribution in [3.8, 4) is 5.75 Å². The molecular weight excluding hydrogens is 392 g/mol. The summed E-state index contributed by atoms with van der Waals surface area (Å²) in [4.78, 5) is 29.3. The Balaban J connectivity index is 1.48. The van der Waals surface area contributed by atoms with E-state index in [0.29, 0.717) is 5.75 Å². The number of thiazole rings is 1. The first kappa shape index (κ1) is 19.3. The van der Waals surface area contributed by atoms with Gasteiger partial charge in [-0.05, 0) is 24.3 Å². The van der Waals surface area contributed by atoms with E-state index in [1.807, 2.05) is 18.2 Å². The van der Waals surface area contributed by atoms with Gasteiger partial charge in [0.05, 0.1) is 34.9 Å². The maximum absolute atomic E-state index is 12.6. The number of carbonyl (C=O) groups is 1. The van der Waals surface area contributed by atoms with Crippen LogP contribution in [0, 0.1) is 10.1 Å². The number of hydrogen-bond acceptors (Lipinski definition) is 6. The molecule has 2 aromatic carbocycles. The summed E-state index contributed by atoms with van der Waals surface area (Å²) < 4.78 is 6.18. The molecule has 1 amide bonds. The number of aromatic nitrogens is 1. The number of carbonyl (C=O) groups excluding carboxylic acids is 1. The molecule has 3 aromatic rings. The fourth-order valence-corrected chi connectivity index (χ4v) is 4.92. The molecule has 0 saturated carbocycles. The van der Waals surface area contributed by atoms with Crippen molar-refractivity contribution >= 4 is 38.8 Å². The first-order valence-corrected chi connectivity index (χ1v) is 10.2. The summed E-state index contributed by atoms with van der Waals surface area (Å²) in [6.45, 7) is 1.11. The predicted molar refractivity (Wildman–Crippen MR) is 111 cm³/mol. The molecule has 0 bridgehead atoms. The second-order valence-corrected chi connectivity index (χ2v) is 8.05. The third-order valence-electron chi connectivity index (χ3n) is 5.16. The van der Waals surface area contributed by atoms with Gasteiger partial charge in [0.15, 0.2) is 11.6 Å². The molecule has 1 aliphatic heterocycles. The van der Waals surface area contributed by atoms with Crippen molar-refractivity contribution in [3.05, 3.63) is 57.6 Å². The highest BCUT2D eigenvalue weighted by Crippen LogP contribution is 2.30. The molecule has 0 aliphatic carbocycles. The van der Waals surface area contributed by atoms with Crippen molar-refractivity contribution in [1.29, 1.82) is 0 Å². The number of nitro benzene ring substituents is 1. The van der Waals surface area contributed by atoms with Gasteiger partial charge < -0.3 is 15.0 Å². The van der Waals surface area contributed by atoms with Crippen LogP contribution in [0.1, 0.15) is 23.9 Å². The van der Waals surface area contributed by atoms with Crippen LogP contribution in [0.5, 0.6) is 5.75 Å². The minimum atomic E-state index is -0.523. The molecule has 4 rings (SSSR count). The highest BCUT2D eigenvalue weighted by atomic mass is 32.1. The van der Waals surface area contributed by atoms with Crippen LogP contribution >= 0.6 is 11.3 Å². The average Bonchev–Trinajstić information content (AvgIpc) is 3.34. The van der Waals surface area contributed by atoms with Gasteiger partial charge in [0.2, 0.25) is 0 Å². The van der Waals surface area contributed by atoms with E-state index in [1.54, 1.807) is 17.4 Å². The molecule has 9 heteroatoms. The molecule has 2 N–H and O–H groups in total. The minimum absolute atomic E-state index is 0.170. The lowest BCUT2D eigenvalue weighted by Crippen LogP contribution is -3.11. The molecule has 1 fully saturated rings. The van der Waals surface area contributed by atoms with E-state index in [1.165, 1.54) is 19.2 Å². The lowest BCUT2D eigenvalue weighted by molar-refractivity contribution is -0.910. The van der Waals surface area contributed by atoms with Gasteiger partial charge in [0.1, 0.15) is 17.5 Å². The summed E-state index contributed by atoms with van der Waals surface area (Å²) >= 11 is 1.67. The van der Waals surface area contributed by atoms with Gasteiger partial charge in [-0.3, -0.25) is 14.9 Å². The second-order valence-electron chi connectivity index (χ2n) is 6.99. The summed E-state index contributed by atoms with van der Waals surface area (Å²) in [5.41, 5.74) is 0.977. The van der Waals surface area contributed by atoms with Gasteiger partial charge >= 0.3 is 0 Å². The number of para-hydroxylation sites is 1. The SMILES string of the molecule is COc1ccc(NC(=O)C[NH+]2CCC[C@@H]2c2nc3ccccc3s2)c([N+](=O)[O-])c1. The van der Waals surface area contributed by atoms with Crippen LogP contribution in [-0.4, -0.2) is 36.0 Å². The highest BCUT2D eigenvalue weighted by molar-refractivity contribution is 7.18. The number of likely N-dealkylation sites (tertiary alicyclic amines) is 1. The molecule has 8 nitrogen and oxygen atoms in total. The maximum Gasteiger partial charge on any atom is 0.296 e. The molecule has 2 heterocycles. The molecular formula is C20H21N4O4S+. The van der Waals surface area contributed by atoms with Gasteiger partial charge in [-0.1, -0.05) is 12.1 Å². The molecule has 0 radical (unpaired) electrons. The van der Waals surface area contributed by atoms with E-state index in [0.717, 1.165) is 39.5 Å². The predicted octanol–water partition coefficient (Wildman–Crippen LogP) is 2.57. The van der Waals surface area contributed by atoms with Crippen LogP contribution in [0.3, 0.4) is 0 Å². The van der Waals surface area contributed by atoms with Gasteiger partial charge in [-0.25, -0.2) is 4.98 Å². The highest BCUT2D eigenvalue weighted by Gasteiger charge is 2.34. The molecule has 150 valence electrons. The first-order valence-electron chi connectivity index (χ1n) is 9.37. The largest absolute Gasteiger partial charge is 0.496 e. The molecule has 0 spiro atoms. The minimum Gasteiger partial charge on any atom is -0.496 e. The zero-order valence-corrected chi connectivity index (χ0v) is 16.7. The number of anilines is 1. The Morgan fingerprint density at radius 3 is 2.97 bits per heavy atom. The smallest absolute Gasteiger partial charge is 0.296 e. The Kier molecular flexibility index (Phi) is 5.41. The maximum atomic E-state index is 12.6. The van der Waals surface area contributed by atoms with Gasteiger partial charge in [0.25, 0.3) is 11.6 Å². The number of rotatable bonds is 6. The Morgan fingerprint density at radius 1 is 1.38 bits per heavy atom. The molecule has 1 aromatic heterocycles. The van der Waals surface area contributed by atoms with Crippen molar-refractivity contribution in [2.75, 3.05) is 25.5 Å². The van der Waals surface area contributed by atoms with Crippen LogP contribution in [0.25, 0.3) is 10.2 Å². The van der Waals surface area contributed by atoms with E-state index in [2.05, 4.69) is 11.4 Å². The lowest BCUT2D eigenvalue weighted by Gasteiger charge is -2.19. The second kappa shape index (κ2) is 8.14. The molecule has 2 atom stereocenters. The summed E-state index contributed by atoms with van der Waals surface area (Å²) in [7, 11) is 1.44. The first-order chi connectivity index (χ1) is 14.0. The van der Waals surface area contributed by atoms with Crippen LogP contribution < -0.4 is 15.0 Å². The fraction of sp³-hybridized carbons (Fsp3) is 0.300. The van der Waals surface area contributed by atoms with Crippen molar-refractivity contribution in [3.63, 3.8) is 0 Å². The number of nitrogens with zero attached hydrogens (tertiary/aromatic N) is 2. The van der Waals surface area contributed by atoms with Crippen molar-refractivity contribution in [1.82, 2.24) is 4.98 Å². The zero-order chi connectivity index (χ0) is 20.4. The number of nitrogens with one attached hydrogen (secondary N) is 2. The third kappa shape index (κ3) is 4.06. The van der Waals surface area contributed by atoms with Crippen molar-refractivity contribution < 1.29 is 19.4 Å². The number of quaternary nitrogens is 1. The molecule has 1 saturated heterocycles. The van der Waals surface area contributed by atoms with Crippen molar-refractivity contribution in [2.45, 2.75) is 18.9 Å². The van der Waals surface area contributed by atoms with Crippen LogP contribution in [0.4, 0.5) is 11.4 Å². The van der Waals surface area contributed by atoms with Gasteiger partial charge in [-0.15, -0.1) is 11.3 Å². The van der Waals surface area contributed by atoms with Gasteiger partial charge in [-0.2, -0.15) is 0 Å². The number of benzene rings is 2. The number of hydrogen-bond donors (Lipinski definition) is 2. The standard InChI is InChI=1S/C20H20N4O4S/c1-28-13-8-9-14(17(11-13)24(26)27)21-19(25)12-23-10-4-6-16(23)20-22-15-5-2-3-7-18(15)29-20/h2-3,5,7-9,11,16H,4,6,10,12H2,1H3,(H,21,25)/p+1/t16-/m1/s1. The Hall–Kier alpha value is -3.04.